The number of benzene rings is 1. The van der Waals surface area contributed by atoms with Gasteiger partial charge in [0.25, 0.3) is 0 Å². The number of nitrogens with zero attached hydrogens (tertiary/aromatic N) is 4. The second-order valence-corrected chi connectivity index (χ2v) is 5.76. The topological polar surface area (TPSA) is 78.3 Å². The van der Waals surface area contributed by atoms with Gasteiger partial charge in [-0.15, -0.1) is 10.2 Å². The molecule has 0 amide bonds. The molecule has 2 aromatic heterocycles. The third-order valence-electron chi connectivity index (χ3n) is 3.21. The molecule has 0 fully saturated rings. The molecule has 110 valence electrons. The van der Waals surface area contributed by atoms with Gasteiger partial charge in [-0.25, -0.2) is 0 Å². The summed E-state index contributed by atoms with van der Waals surface area (Å²) in [5.74, 6) is 1.70. The van der Waals surface area contributed by atoms with Gasteiger partial charge in [-0.05, 0) is 30.7 Å². The van der Waals surface area contributed by atoms with E-state index in [1.54, 1.807) is 18.4 Å². The van der Waals surface area contributed by atoms with Crippen molar-refractivity contribution in [3.8, 4) is 5.75 Å². The van der Waals surface area contributed by atoms with Gasteiger partial charge in [0.1, 0.15) is 10.8 Å². The predicted octanol–water partition coefficient (Wildman–Crippen LogP) is 1.68. The zero-order valence-corrected chi connectivity index (χ0v) is 12.6. The Kier molecular flexibility index (Phi) is 4.12. The van der Waals surface area contributed by atoms with E-state index in [0.717, 1.165) is 39.9 Å². The monoisotopic (exact) mass is 303 g/mol. The Bertz CT molecular complexity index is 719. The number of nitrogens with two attached hydrogens (primary N) is 1. The Labute approximate surface area is 126 Å². The molecule has 0 saturated carbocycles. The fraction of sp³-hybridized carbons (Fsp3) is 0.357. The summed E-state index contributed by atoms with van der Waals surface area (Å²) in [5.41, 5.74) is 6.69. The van der Waals surface area contributed by atoms with Crippen molar-refractivity contribution in [3.05, 3.63) is 40.7 Å². The number of rotatable bonds is 6. The first-order valence-electron chi connectivity index (χ1n) is 6.83. The molecule has 0 aliphatic heterocycles. The van der Waals surface area contributed by atoms with Crippen LogP contribution in [0.3, 0.4) is 0 Å². The molecule has 0 spiro atoms. The van der Waals surface area contributed by atoms with Gasteiger partial charge in [-0.1, -0.05) is 23.5 Å². The minimum Gasteiger partial charge on any atom is -0.497 e. The second kappa shape index (κ2) is 6.19. The molecule has 0 atom stereocenters. The molecule has 0 aliphatic rings. The number of methoxy groups -OCH3 is 1. The highest BCUT2D eigenvalue weighted by molar-refractivity contribution is 7.16. The van der Waals surface area contributed by atoms with Crippen LogP contribution in [0.5, 0.6) is 5.75 Å². The van der Waals surface area contributed by atoms with Crippen LogP contribution in [0.1, 0.15) is 22.8 Å². The maximum absolute atomic E-state index is 5.53. The van der Waals surface area contributed by atoms with Gasteiger partial charge in [0.2, 0.25) is 4.96 Å². The summed E-state index contributed by atoms with van der Waals surface area (Å²) in [6.07, 6.45) is 2.54. The lowest BCUT2D eigenvalue weighted by molar-refractivity contribution is 0.414. The van der Waals surface area contributed by atoms with Crippen LogP contribution in [0.15, 0.2) is 24.3 Å². The first-order valence-corrected chi connectivity index (χ1v) is 7.65. The number of fused-ring (bicyclic) bond motifs is 1. The summed E-state index contributed by atoms with van der Waals surface area (Å²) in [4.78, 5) is 0.838. The Morgan fingerprint density at radius 1 is 1.24 bits per heavy atom. The Hall–Kier alpha value is -1.99. The average Bonchev–Trinajstić information content (AvgIpc) is 3.07. The Balaban J connectivity index is 1.80. The molecule has 3 aromatic rings. The Morgan fingerprint density at radius 2 is 2.05 bits per heavy atom. The quantitative estimate of drug-likeness (QED) is 0.749. The summed E-state index contributed by atoms with van der Waals surface area (Å²) in [5, 5.41) is 14.0. The maximum atomic E-state index is 5.53. The molecular weight excluding hydrogens is 286 g/mol. The number of hydrogen-bond donors (Lipinski definition) is 1. The smallest absolute Gasteiger partial charge is 0.234 e. The number of aromatic nitrogens is 4. The zero-order chi connectivity index (χ0) is 14.7. The summed E-state index contributed by atoms with van der Waals surface area (Å²) in [6.45, 7) is 0.679. The van der Waals surface area contributed by atoms with E-state index in [-0.39, 0.29) is 0 Å². The lowest BCUT2D eigenvalue weighted by atomic mass is 10.1. The van der Waals surface area contributed by atoms with E-state index in [1.165, 1.54) is 0 Å². The summed E-state index contributed by atoms with van der Waals surface area (Å²) >= 11 is 1.58. The molecule has 3 rings (SSSR count). The van der Waals surface area contributed by atoms with Gasteiger partial charge >= 0.3 is 0 Å². The number of aryl methyl sites for hydroxylation is 1. The van der Waals surface area contributed by atoms with Crippen LogP contribution in [0.2, 0.25) is 0 Å². The largest absolute Gasteiger partial charge is 0.497 e. The Morgan fingerprint density at radius 3 is 2.76 bits per heavy atom. The molecular formula is C14H17N5OS. The van der Waals surface area contributed by atoms with Crippen molar-refractivity contribution in [1.29, 1.82) is 0 Å². The van der Waals surface area contributed by atoms with E-state index < -0.39 is 0 Å². The molecule has 0 radical (unpaired) electrons. The van der Waals surface area contributed by atoms with Crippen molar-refractivity contribution in [2.75, 3.05) is 13.7 Å². The van der Waals surface area contributed by atoms with Crippen molar-refractivity contribution < 1.29 is 4.74 Å². The minimum absolute atomic E-state index is 0.679. The fourth-order valence-electron chi connectivity index (χ4n) is 2.09. The third-order valence-corrected chi connectivity index (χ3v) is 4.17. The zero-order valence-electron chi connectivity index (χ0n) is 11.8. The van der Waals surface area contributed by atoms with Crippen molar-refractivity contribution >= 4 is 16.3 Å². The van der Waals surface area contributed by atoms with Crippen LogP contribution in [-0.4, -0.2) is 33.5 Å². The first kappa shape index (κ1) is 14.0. The molecule has 0 aliphatic carbocycles. The molecule has 0 unspecified atom stereocenters. The molecule has 7 heteroatoms. The van der Waals surface area contributed by atoms with E-state index in [2.05, 4.69) is 15.3 Å². The molecule has 1 aromatic carbocycles. The standard InChI is InChI=1S/C14H17N5OS/c1-20-11-6-4-10(5-7-11)9-12-16-17-14-19(12)18-13(21-14)3-2-8-15/h4-7H,2-3,8-9,15H2,1H3. The van der Waals surface area contributed by atoms with E-state index in [4.69, 9.17) is 10.5 Å². The highest BCUT2D eigenvalue weighted by atomic mass is 32.1. The molecule has 2 heterocycles. The molecule has 0 bridgehead atoms. The van der Waals surface area contributed by atoms with Crippen molar-refractivity contribution in [3.63, 3.8) is 0 Å². The number of hydrogen-bond acceptors (Lipinski definition) is 6. The summed E-state index contributed by atoms with van der Waals surface area (Å²) in [6, 6.07) is 7.95. The summed E-state index contributed by atoms with van der Waals surface area (Å²) in [7, 11) is 1.66. The average molecular weight is 303 g/mol. The lowest BCUT2D eigenvalue weighted by Crippen LogP contribution is -2.01. The van der Waals surface area contributed by atoms with Crippen LogP contribution < -0.4 is 10.5 Å². The van der Waals surface area contributed by atoms with Gasteiger partial charge in [0.15, 0.2) is 5.82 Å². The predicted molar refractivity (Wildman–Crippen MR) is 81.8 cm³/mol. The van der Waals surface area contributed by atoms with Crippen molar-refractivity contribution in [1.82, 2.24) is 19.8 Å². The third kappa shape index (κ3) is 3.03. The molecule has 2 N–H and O–H groups in total. The van der Waals surface area contributed by atoms with Crippen LogP contribution in [-0.2, 0) is 12.8 Å². The second-order valence-electron chi connectivity index (χ2n) is 4.72. The SMILES string of the molecule is COc1ccc(Cc2nnc3sc(CCCN)nn23)cc1. The van der Waals surface area contributed by atoms with Gasteiger partial charge in [-0.3, -0.25) is 0 Å². The van der Waals surface area contributed by atoms with Crippen LogP contribution in [0, 0.1) is 0 Å². The van der Waals surface area contributed by atoms with E-state index in [9.17, 15) is 0 Å². The van der Waals surface area contributed by atoms with Gasteiger partial charge < -0.3 is 10.5 Å². The minimum atomic E-state index is 0.679. The van der Waals surface area contributed by atoms with E-state index >= 15 is 0 Å². The maximum Gasteiger partial charge on any atom is 0.234 e. The van der Waals surface area contributed by atoms with Gasteiger partial charge in [0, 0.05) is 12.8 Å². The summed E-state index contributed by atoms with van der Waals surface area (Å²) < 4.78 is 7.00. The molecule has 21 heavy (non-hydrogen) atoms. The highest BCUT2D eigenvalue weighted by Gasteiger charge is 2.12. The van der Waals surface area contributed by atoms with Crippen molar-refractivity contribution in [2.24, 2.45) is 5.73 Å². The number of ether oxygens (including phenoxy) is 1. The van der Waals surface area contributed by atoms with Crippen LogP contribution in [0.4, 0.5) is 0 Å². The highest BCUT2D eigenvalue weighted by Crippen LogP contribution is 2.18. The normalized spacial score (nSPS) is 11.1. The van der Waals surface area contributed by atoms with Gasteiger partial charge in [0.05, 0.1) is 7.11 Å². The fourth-order valence-corrected chi connectivity index (χ4v) is 2.98. The first-order chi connectivity index (χ1) is 10.3. The molecule has 6 nitrogen and oxygen atoms in total. The van der Waals surface area contributed by atoms with Crippen LogP contribution in [0.25, 0.3) is 4.96 Å². The van der Waals surface area contributed by atoms with Crippen LogP contribution >= 0.6 is 11.3 Å². The van der Waals surface area contributed by atoms with Crippen molar-refractivity contribution in [2.45, 2.75) is 19.3 Å². The van der Waals surface area contributed by atoms with Gasteiger partial charge in [-0.2, -0.15) is 9.61 Å². The lowest BCUT2D eigenvalue weighted by Gasteiger charge is -2.01. The van der Waals surface area contributed by atoms with E-state index in [1.807, 2.05) is 28.8 Å². The molecule has 0 saturated heterocycles. The van der Waals surface area contributed by atoms with E-state index in [0.29, 0.717) is 13.0 Å².